The molecule has 2 aromatic heterocycles. The van der Waals surface area contributed by atoms with Crippen LogP contribution in [0.1, 0.15) is 63.7 Å². The Hall–Kier alpha value is -2.43. The van der Waals surface area contributed by atoms with Crippen LogP contribution in [0.15, 0.2) is 33.9 Å². The molecular weight excluding hydrogens is 326 g/mol. The summed E-state index contributed by atoms with van der Waals surface area (Å²) in [4.78, 5) is 31.5. The van der Waals surface area contributed by atoms with Gasteiger partial charge in [-0.05, 0) is 31.4 Å². The fraction of sp³-hybridized carbons (Fsp3) is 0.476. The second-order valence-electron chi connectivity index (χ2n) is 7.50. The number of hydrogen-bond acceptors (Lipinski definition) is 3. The van der Waals surface area contributed by atoms with E-state index in [9.17, 15) is 9.59 Å². The molecule has 1 fully saturated rings. The van der Waals surface area contributed by atoms with Crippen LogP contribution in [0.4, 0.5) is 0 Å². The number of nitrogens with zero attached hydrogens (tertiary/aromatic N) is 3. The number of fused-ring (bicyclic) bond motifs is 2. The van der Waals surface area contributed by atoms with Crippen LogP contribution >= 0.6 is 0 Å². The predicted octanol–water partition coefficient (Wildman–Crippen LogP) is 3.88. The maximum Gasteiger partial charge on any atom is 0.267 e. The Labute approximate surface area is 152 Å². The molecule has 1 aliphatic carbocycles. The van der Waals surface area contributed by atoms with E-state index >= 15 is 0 Å². The number of aromatic nitrogens is 3. The van der Waals surface area contributed by atoms with E-state index in [0.717, 1.165) is 43.4 Å². The first-order valence-corrected chi connectivity index (χ1v) is 9.58. The zero-order valence-corrected chi connectivity index (χ0v) is 15.7. The van der Waals surface area contributed by atoms with E-state index in [2.05, 4.69) is 13.8 Å². The van der Waals surface area contributed by atoms with Crippen LogP contribution in [-0.4, -0.2) is 14.1 Å². The first kappa shape index (κ1) is 17.0. The molecule has 1 aromatic carbocycles. The third-order valence-electron chi connectivity index (χ3n) is 5.92. The Morgan fingerprint density at radius 1 is 1.19 bits per heavy atom. The molecule has 3 aromatic rings. The number of aryl methyl sites for hydroxylation is 1. The summed E-state index contributed by atoms with van der Waals surface area (Å²) in [5, 5.41) is 0.806. The van der Waals surface area contributed by atoms with Crippen molar-refractivity contribution < 1.29 is 0 Å². The van der Waals surface area contributed by atoms with Gasteiger partial charge in [-0.3, -0.25) is 14.2 Å². The van der Waals surface area contributed by atoms with Gasteiger partial charge in [0.15, 0.2) is 5.65 Å². The minimum atomic E-state index is -0.200. The zero-order valence-electron chi connectivity index (χ0n) is 15.7. The molecule has 5 nitrogen and oxygen atoms in total. The summed E-state index contributed by atoms with van der Waals surface area (Å²) in [6.45, 7) is 4.22. The second kappa shape index (κ2) is 6.38. The molecule has 0 amide bonds. The number of para-hydroxylation sites is 1. The van der Waals surface area contributed by atoms with Gasteiger partial charge in [0.05, 0.1) is 5.52 Å². The van der Waals surface area contributed by atoms with Gasteiger partial charge in [0.2, 0.25) is 5.43 Å². The van der Waals surface area contributed by atoms with Crippen molar-refractivity contribution in [2.75, 3.05) is 0 Å². The minimum Gasteiger partial charge on any atom is -0.328 e. The molecule has 0 spiro atoms. The van der Waals surface area contributed by atoms with E-state index in [0.29, 0.717) is 11.0 Å². The number of rotatable bonds is 3. The summed E-state index contributed by atoms with van der Waals surface area (Å²) in [5.74, 6) is 0.997. The first-order chi connectivity index (χ1) is 12.5. The molecule has 1 atom stereocenters. The van der Waals surface area contributed by atoms with Gasteiger partial charge in [0.25, 0.3) is 5.56 Å². The van der Waals surface area contributed by atoms with E-state index in [1.54, 1.807) is 6.07 Å². The molecule has 0 aliphatic heterocycles. The topological polar surface area (TPSA) is 56.9 Å². The van der Waals surface area contributed by atoms with Crippen molar-refractivity contribution in [3.05, 3.63) is 50.7 Å². The molecule has 2 heterocycles. The fourth-order valence-corrected chi connectivity index (χ4v) is 4.23. The molecule has 4 rings (SSSR count). The Kier molecular flexibility index (Phi) is 4.17. The fourth-order valence-electron chi connectivity index (χ4n) is 4.23. The SMILES string of the molecule is CCC(C)c1nc2c(c(=O)c3ccccc3n2C)c(=O)n1C1CCCC1. The van der Waals surface area contributed by atoms with Gasteiger partial charge in [0, 0.05) is 24.4 Å². The van der Waals surface area contributed by atoms with Crippen molar-refractivity contribution in [2.24, 2.45) is 7.05 Å². The average Bonchev–Trinajstić information content (AvgIpc) is 3.19. The molecule has 0 saturated heterocycles. The second-order valence-corrected chi connectivity index (χ2v) is 7.50. The Morgan fingerprint density at radius 2 is 1.88 bits per heavy atom. The summed E-state index contributed by atoms with van der Waals surface area (Å²) in [7, 11) is 1.89. The van der Waals surface area contributed by atoms with Crippen LogP contribution in [0.25, 0.3) is 21.9 Å². The third-order valence-corrected chi connectivity index (χ3v) is 5.92. The van der Waals surface area contributed by atoms with Crippen LogP contribution in [0.5, 0.6) is 0 Å². The number of benzene rings is 1. The summed E-state index contributed by atoms with van der Waals surface area (Å²) < 4.78 is 3.73. The lowest BCUT2D eigenvalue weighted by Gasteiger charge is -2.23. The Balaban J connectivity index is 2.18. The van der Waals surface area contributed by atoms with Gasteiger partial charge in [0.1, 0.15) is 11.2 Å². The number of pyridine rings is 1. The molecule has 1 unspecified atom stereocenters. The third kappa shape index (κ3) is 2.41. The molecular formula is C21H25N3O2. The average molecular weight is 351 g/mol. The quantitative estimate of drug-likeness (QED) is 0.673. The molecule has 1 aliphatic rings. The zero-order chi connectivity index (χ0) is 18.4. The van der Waals surface area contributed by atoms with Crippen molar-refractivity contribution in [3.8, 4) is 0 Å². The molecule has 136 valence electrons. The molecule has 0 radical (unpaired) electrons. The number of hydrogen-bond donors (Lipinski definition) is 0. The minimum absolute atomic E-state index is 0.163. The van der Waals surface area contributed by atoms with Gasteiger partial charge < -0.3 is 4.57 Å². The van der Waals surface area contributed by atoms with E-state index in [1.807, 2.05) is 34.4 Å². The smallest absolute Gasteiger partial charge is 0.267 e. The van der Waals surface area contributed by atoms with E-state index in [4.69, 9.17) is 4.98 Å². The van der Waals surface area contributed by atoms with E-state index in [1.165, 1.54) is 0 Å². The highest BCUT2D eigenvalue weighted by Crippen LogP contribution is 2.31. The van der Waals surface area contributed by atoms with Crippen molar-refractivity contribution in [1.82, 2.24) is 14.1 Å². The van der Waals surface area contributed by atoms with Crippen molar-refractivity contribution >= 4 is 21.9 Å². The van der Waals surface area contributed by atoms with Gasteiger partial charge in [-0.1, -0.05) is 38.8 Å². The van der Waals surface area contributed by atoms with Crippen molar-refractivity contribution in [1.29, 1.82) is 0 Å². The monoisotopic (exact) mass is 351 g/mol. The van der Waals surface area contributed by atoms with Crippen LogP contribution in [0.3, 0.4) is 0 Å². The standard InChI is InChI=1S/C21H25N3O2/c1-4-13(2)19-22-20-17(21(26)24(19)14-9-5-6-10-14)18(25)15-11-7-8-12-16(15)23(20)3/h7-8,11-14H,4-6,9-10H2,1-3H3. The van der Waals surface area contributed by atoms with E-state index < -0.39 is 0 Å². The first-order valence-electron chi connectivity index (χ1n) is 9.58. The maximum absolute atomic E-state index is 13.5. The van der Waals surface area contributed by atoms with Gasteiger partial charge >= 0.3 is 0 Å². The van der Waals surface area contributed by atoms with Crippen LogP contribution in [0, 0.1) is 0 Å². The van der Waals surface area contributed by atoms with Crippen molar-refractivity contribution in [3.63, 3.8) is 0 Å². The van der Waals surface area contributed by atoms with Gasteiger partial charge in [-0.15, -0.1) is 0 Å². The van der Waals surface area contributed by atoms with Gasteiger partial charge in [-0.2, -0.15) is 0 Å². The highest BCUT2D eigenvalue weighted by molar-refractivity contribution is 5.91. The van der Waals surface area contributed by atoms with Crippen molar-refractivity contribution in [2.45, 2.75) is 57.9 Å². The molecule has 26 heavy (non-hydrogen) atoms. The molecule has 1 saturated carbocycles. The summed E-state index contributed by atoms with van der Waals surface area (Å²) in [5.41, 5.74) is 0.950. The predicted molar refractivity (Wildman–Crippen MR) is 105 cm³/mol. The lowest BCUT2D eigenvalue weighted by Crippen LogP contribution is -2.33. The van der Waals surface area contributed by atoms with Crippen LogP contribution in [0.2, 0.25) is 0 Å². The summed E-state index contributed by atoms with van der Waals surface area (Å²) in [6.07, 6.45) is 5.15. The highest BCUT2D eigenvalue weighted by atomic mass is 16.1. The molecule has 5 heteroatoms. The van der Waals surface area contributed by atoms with E-state index in [-0.39, 0.29) is 28.3 Å². The normalized spacial score (nSPS) is 16.6. The van der Waals surface area contributed by atoms with Gasteiger partial charge in [-0.25, -0.2) is 4.98 Å². The van der Waals surface area contributed by atoms with Crippen LogP contribution < -0.4 is 11.0 Å². The summed E-state index contributed by atoms with van der Waals surface area (Å²) in [6, 6.07) is 7.61. The Morgan fingerprint density at radius 3 is 2.58 bits per heavy atom. The summed E-state index contributed by atoms with van der Waals surface area (Å²) >= 11 is 0. The largest absolute Gasteiger partial charge is 0.328 e. The lowest BCUT2D eigenvalue weighted by atomic mass is 10.1. The Bertz CT molecular complexity index is 1100. The molecule has 0 bridgehead atoms. The molecule has 0 N–H and O–H groups in total. The highest BCUT2D eigenvalue weighted by Gasteiger charge is 2.26. The lowest BCUT2D eigenvalue weighted by molar-refractivity contribution is 0.455. The maximum atomic E-state index is 13.5. The van der Waals surface area contributed by atoms with Crippen LogP contribution in [-0.2, 0) is 7.05 Å².